The van der Waals surface area contributed by atoms with Crippen molar-refractivity contribution >= 4 is 91.7 Å². The van der Waals surface area contributed by atoms with Crippen LogP contribution in [0.1, 0.15) is 112 Å². The second kappa shape index (κ2) is 29.8. The van der Waals surface area contributed by atoms with E-state index >= 15 is 0 Å². The number of carbonyl (C=O) groups is 10. The Balaban J connectivity index is 0.000000346. The highest BCUT2D eigenvalue weighted by atomic mass is 79.9. The maximum Gasteiger partial charge on any atom is 0.412 e. The fraction of sp³-hybridized carbons (Fsp3) is 0.686. The first-order chi connectivity index (χ1) is 35.6. The van der Waals surface area contributed by atoms with Crippen molar-refractivity contribution in [2.45, 2.75) is 169 Å². The molecule has 0 saturated carbocycles. The number of hydrogen-bond donors (Lipinski definition) is 2. The van der Waals surface area contributed by atoms with Crippen LogP contribution in [0.3, 0.4) is 0 Å². The second-order valence-electron chi connectivity index (χ2n) is 19.7. The largest absolute Gasteiger partial charge is 0.468 e. The third-order valence-electron chi connectivity index (χ3n) is 12.5. The Morgan fingerprint density at radius 1 is 0.566 bits per heavy atom. The number of rotatable bonds is 11. The van der Waals surface area contributed by atoms with Crippen LogP contribution in [-0.4, -0.2) is 186 Å². The van der Waals surface area contributed by atoms with Gasteiger partial charge in [0.2, 0.25) is 11.8 Å². The average molecular weight is 1210 g/mol. The number of likely N-dealkylation sites (tertiary alicyclic amines) is 3. The van der Waals surface area contributed by atoms with Crippen LogP contribution in [0.15, 0.2) is 30.3 Å². The lowest BCUT2D eigenvalue weighted by Crippen LogP contribution is -2.80. The molecule has 5 aliphatic heterocycles. The Bertz CT molecular complexity index is 2090. The number of nitrogens with zero attached hydrogens (tertiary/aromatic N) is 3. The molecule has 8 atom stereocenters. The molecular formula is C51H77Br2N5O18. The molecule has 5 fully saturated rings. The minimum atomic E-state index is -0.903. The van der Waals surface area contributed by atoms with Gasteiger partial charge in [-0.25, -0.2) is 19.2 Å². The van der Waals surface area contributed by atoms with E-state index in [-0.39, 0.29) is 57.4 Å². The first-order valence-corrected chi connectivity index (χ1v) is 26.6. The first-order valence-electron chi connectivity index (χ1n) is 24.8. The molecule has 5 aliphatic rings. The summed E-state index contributed by atoms with van der Waals surface area (Å²) in [6, 6.07) is 7.34. The van der Waals surface area contributed by atoms with E-state index in [2.05, 4.69) is 61.4 Å². The van der Waals surface area contributed by atoms with Gasteiger partial charge in [0.15, 0.2) is 0 Å². The number of ether oxygens (including phenoxy) is 8. The van der Waals surface area contributed by atoms with Crippen LogP contribution in [0.2, 0.25) is 0 Å². The van der Waals surface area contributed by atoms with Gasteiger partial charge in [-0.3, -0.25) is 43.5 Å². The Labute approximate surface area is 461 Å². The molecule has 1 aromatic rings. The summed E-state index contributed by atoms with van der Waals surface area (Å²) in [5.74, 6) is -2.80. The molecule has 1 aromatic carbocycles. The van der Waals surface area contributed by atoms with Gasteiger partial charge in [0.25, 0.3) is 0 Å². The van der Waals surface area contributed by atoms with E-state index in [1.165, 1.54) is 47.6 Å². The molecule has 428 valence electrons. The molecule has 8 unspecified atom stereocenters. The summed E-state index contributed by atoms with van der Waals surface area (Å²) in [7, 11) is 7.86. The molecule has 5 heterocycles. The summed E-state index contributed by atoms with van der Waals surface area (Å²) in [5.41, 5.74) is -2.14. The Morgan fingerprint density at radius 3 is 1.21 bits per heavy atom. The van der Waals surface area contributed by atoms with Gasteiger partial charge in [-0.05, 0) is 98.5 Å². The molecule has 0 aromatic heterocycles. The number of amides is 4. The average Bonchev–Trinajstić information content (AvgIpc) is 4.15. The van der Waals surface area contributed by atoms with Crippen LogP contribution in [-0.2, 0) is 82.8 Å². The topological polar surface area (TPSA) is 278 Å². The second-order valence-corrected chi connectivity index (χ2v) is 21.9. The minimum Gasteiger partial charge on any atom is -0.468 e. The molecule has 76 heavy (non-hydrogen) atoms. The monoisotopic (exact) mass is 1210 g/mol. The highest BCUT2D eigenvalue weighted by molar-refractivity contribution is 9.10. The third-order valence-corrected chi connectivity index (χ3v) is 14.2. The zero-order chi connectivity index (χ0) is 57.9. The predicted molar refractivity (Wildman–Crippen MR) is 281 cm³/mol. The van der Waals surface area contributed by atoms with Gasteiger partial charge in [-0.1, -0.05) is 76.0 Å². The van der Waals surface area contributed by atoms with Gasteiger partial charge in [0, 0.05) is 6.54 Å². The summed E-state index contributed by atoms with van der Waals surface area (Å²) in [4.78, 5) is 121. The fourth-order valence-electron chi connectivity index (χ4n) is 8.76. The molecule has 23 nitrogen and oxygen atoms in total. The van der Waals surface area contributed by atoms with Crippen molar-refractivity contribution in [1.82, 2.24) is 25.3 Å². The Hall–Kier alpha value is -5.56. The lowest BCUT2D eigenvalue weighted by Gasteiger charge is -2.52. The van der Waals surface area contributed by atoms with Crippen LogP contribution < -0.4 is 10.6 Å². The molecule has 0 radical (unpaired) electrons. The maximum absolute atomic E-state index is 12.5. The summed E-state index contributed by atoms with van der Waals surface area (Å²) < 4.78 is 38.7. The van der Waals surface area contributed by atoms with Crippen LogP contribution in [0.25, 0.3) is 0 Å². The number of alkyl halides is 2. The molecule has 5 saturated heterocycles. The smallest absolute Gasteiger partial charge is 0.412 e. The maximum atomic E-state index is 12.5. The molecule has 25 heteroatoms. The number of esters is 6. The normalized spacial score (nSPS) is 23.8. The van der Waals surface area contributed by atoms with Crippen molar-refractivity contribution in [3.8, 4) is 0 Å². The van der Waals surface area contributed by atoms with Crippen LogP contribution in [0.5, 0.6) is 0 Å². The van der Waals surface area contributed by atoms with E-state index in [0.29, 0.717) is 71.0 Å². The first kappa shape index (κ1) is 66.6. The van der Waals surface area contributed by atoms with Crippen LogP contribution >= 0.6 is 31.9 Å². The van der Waals surface area contributed by atoms with Crippen molar-refractivity contribution in [3.63, 3.8) is 0 Å². The predicted octanol–water partition coefficient (Wildman–Crippen LogP) is 4.89. The van der Waals surface area contributed by atoms with E-state index < -0.39 is 58.5 Å². The number of carbonyl (C=O) groups excluding carboxylic acids is 10. The lowest BCUT2D eigenvalue weighted by atomic mass is 9.88. The standard InChI is InChI=1S/C15H19NO4.C13H19N3O4.C13H21NO6.C8H12Br2O4.C2H6/c1-19-14(17)12-8-9-13(15(18)20-2)16(12)10-11-6-4-3-5-7-11;1-11(2,3)20-10(19)16-12(6-14-8(12)17)4-5-13(16)7-15-9(13)18;1-13(2,3)20-12(17)14-8(10(15)18-4)6-7-9(14)11(16)19-5;1-13-7(11)5(9)3-4-6(10)8(12)14-2;1-2/h3-7,12-13H,8-10H2,1-2H3;4-7H2,1-3H3,(H,14,17)(H,15,18);8-9H,6-7H2,1-5H3;5-6H,3-4H2,1-2H3;1-2H3. The molecule has 2 spiro atoms. The summed E-state index contributed by atoms with van der Waals surface area (Å²) in [6.45, 7) is 15.7. The SMILES string of the molecule is CC.CC(C)(C)OC(=O)N1C2(CCC13CNC3=O)CNC2=O.COC(=O)C(Br)CCC(Br)C(=O)OC.COC(=O)C1CCC(C(=O)OC)N1C(=O)OC(C)(C)C.COC(=O)C1CCC(C(=O)OC)N1Cc1ccccc1. The lowest BCUT2D eigenvalue weighted by molar-refractivity contribution is -0.154. The van der Waals surface area contributed by atoms with Gasteiger partial charge in [-0.2, -0.15) is 0 Å². The van der Waals surface area contributed by atoms with Gasteiger partial charge in [0.05, 0.1) is 55.7 Å². The Kier molecular flexibility index (Phi) is 26.1. The highest BCUT2D eigenvalue weighted by Gasteiger charge is 2.70. The summed E-state index contributed by atoms with van der Waals surface area (Å²) >= 11 is 6.31. The van der Waals surface area contributed by atoms with Crippen LogP contribution in [0.4, 0.5) is 9.59 Å². The van der Waals surface area contributed by atoms with Crippen LogP contribution in [0, 0.1) is 0 Å². The van der Waals surface area contributed by atoms with Crippen molar-refractivity contribution in [3.05, 3.63) is 35.9 Å². The Morgan fingerprint density at radius 2 is 0.908 bits per heavy atom. The third kappa shape index (κ3) is 17.2. The van der Waals surface area contributed by atoms with E-state index in [1.807, 2.05) is 49.1 Å². The minimum absolute atomic E-state index is 0.195. The molecule has 4 amide bonds. The number of nitrogens with one attached hydrogen (secondary N) is 2. The summed E-state index contributed by atoms with van der Waals surface area (Å²) in [5, 5.41) is 5.34. The number of hydrogen-bond acceptors (Lipinski definition) is 19. The number of halogens is 2. The number of β-lactam (4-membered cyclic amide) rings is 2. The molecule has 2 N–H and O–H groups in total. The highest BCUT2D eigenvalue weighted by Crippen LogP contribution is 2.47. The van der Waals surface area contributed by atoms with Gasteiger partial charge in [0.1, 0.15) is 56.1 Å². The summed E-state index contributed by atoms with van der Waals surface area (Å²) in [6.07, 6.45) is 2.63. The van der Waals surface area contributed by atoms with E-state index in [1.54, 1.807) is 41.5 Å². The fourth-order valence-corrected chi connectivity index (χ4v) is 9.66. The molecular weight excluding hydrogens is 1130 g/mol. The van der Waals surface area contributed by atoms with E-state index in [0.717, 1.165) is 10.5 Å². The quantitative estimate of drug-likeness (QED) is 0.129. The zero-order valence-electron chi connectivity index (χ0n) is 46.1. The van der Waals surface area contributed by atoms with E-state index in [9.17, 15) is 47.9 Å². The molecule has 0 bridgehead atoms. The molecule has 0 aliphatic carbocycles. The molecule has 6 rings (SSSR count). The van der Waals surface area contributed by atoms with Crippen molar-refractivity contribution in [1.29, 1.82) is 0 Å². The number of benzene rings is 1. The van der Waals surface area contributed by atoms with Crippen molar-refractivity contribution in [2.75, 3.05) is 55.7 Å². The van der Waals surface area contributed by atoms with Crippen molar-refractivity contribution in [2.24, 2.45) is 0 Å². The van der Waals surface area contributed by atoms with Crippen molar-refractivity contribution < 1.29 is 85.8 Å². The van der Waals surface area contributed by atoms with E-state index in [4.69, 9.17) is 18.9 Å². The number of methoxy groups -OCH3 is 6. The van der Waals surface area contributed by atoms with Gasteiger partial charge >= 0.3 is 48.0 Å². The van der Waals surface area contributed by atoms with Gasteiger partial charge < -0.3 is 48.5 Å². The van der Waals surface area contributed by atoms with Gasteiger partial charge in [-0.15, -0.1) is 0 Å². The zero-order valence-corrected chi connectivity index (χ0v) is 49.2.